The van der Waals surface area contributed by atoms with Gasteiger partial charge in [-0.2, -0.15) is 5.10 Å². The monoisotopic (exact) mass is 282 g/mol. The SMILES string of the molecule is CCc1nn(C)cc1CNc1cccc(-c2cnco2)c1. The molecule has 0 saturated carbocycles. The number of nitrogens with one attached hydrogen (secondary N) is 1. The Morgan fingerprint density at radius 1 is 1.33 bits per heavy atom. The molecule has 2 aromatic heterocycles. The molecule has 0 aliphatic carbocycles. The van der Waals surface area contributed by atoms with Gasteiger partial charge in [-0.15, -0.1) is 0 Å². The molecule has 5 nitrogen and oxygen atoms in total. The van der Waals surface area contributed by atoms with E-state index in [-0.39, 0.29) is 0 Å². The number of oxazole rings is 1. The lowest BCUT2D eigenvalue weighted by Gasteiger charge is -2.07. The van der Waals surface area contributed by atoms with Crippen LogP contribution in [0, 0.1) is 0 Å². The highest BCUT2D eigenvalue weighted by atomic mass is 16.3. The molecule has 2 heterocycles. The van der Waals surface area contributed by atoms with E-state index in [1.807, 2.05) is 29.9 Å². The number of rotatable bonds is 5. The molecule has 5 heteroatoms. The van der Waals surface area contributed by atoms with E-state index in [1.54, 1.807) is 6.20 Å². The van der Waals surface area contributed by atoms with E-state index in [9.17, 15) is 0 Å². The summed E-state index contributed by atoms with van der Waals surface area (Å²) in [5, 5.41) is 7.89. The molecule has 3 aromatic rings. The van der Waals surface area contributed by atoms with Crippen LogP contribution in [0.25, 0.3) is 11.3 Å². The van der Waals surface area contributed by atoms with Crippen LogP contribution in [-0.4, -0.2) is 14.8 Å². The summed E-state index contributed by atoms with van der Waals surface area (Å²) in [5.41, 5.74) is 4.43. The topological polar surface area (TPSA) is 55.9 Å². The minimum atomic E-state index is 0.761. The van der Waals surface area contributed by atoms with Gasteiger partial charge in [0.25, 0.3) is 0 Å². The zero-order chi connectivity index (χ0) is 14.7. The highest BCUT2D eigenvalue weighted by molar-refractivity contribution is 5.63. The lowest BCUT2D eigenvalue weighted by atomic mass is 10.1. The second-order valence-electron chi connectivity index (χ2n) is 4.93. The minimum absolute atomic E-state index is 0.761. The summed E-state index contributed by atoms with van der Waals surface area (Å²) in [4.78, 5) is 3.95. The van der Waals surface area contributed by atoms with Crippen molar-refractivity contribution in [3.05, 3.63) is 54.3 Å². The highest BCUT2D eigenvalue weighted by Gasteiger charge is 2.06. The van der Waals surface area contributed by atoms with Crippen molar-refractivity contribution >= 4 is 5.69 Å². The van der Waals surface area contributed by atoms with Crippen LogP contribution in [0.2, 0.25) is 0 Å². The first-order chi connectivity index (χ1) is 10.3. The molecule has 0 saturated heterocycles. The Bertz CT molecular complexity index is 716. The quantitative estimate of drug-likeness (QED) is 0.780. The normalized spacial score (nSPS) is 10.8. The molecule has 0 fully saturated rings. The molecule has 0 atom stereocenters. The third kappa shape index (κ3) is 2.97. The fourth-order valence-electron chi connectivity index (χ4n) is 2.37. The predicted molar refractivity (Wildman–Crippen MR) is 81.9 cm³/mol. The maximum absolute atomic E-state index is 5.32. The van der Waals surface area contributed by atoms with E-state index in [2.05, 4.69) is 34.6 Å². The van der Waals surface area contributed by atoms with Gasteiger partial charge in [0, 0.05) is 36.6 Å². The number of aromatic nitrogens is 3. The third-order valence-corrected chi connectivity index (χ3v) is 3.39. The van der Waals surface area contributed by atoms with E-state index in [0.717, 1.165) is 35.7 Å². The average Bonchev–Trinajstić information content (AvgIpc) is 3.14. The number of nitrogens with zero attached hydrogens (tertiary/aromatic N) is 3. The molecule has 0 unspecified atom stereocenters. The van der Waals surface area contributed by atoms with Gasteiger partial charge >= 0.3 is 0 Å². The summed E-state index contributed by atoms with van der Waals surface area (Å²) >= 11 is 0. The Hall–Kier alpha value is -2.56. The largest absolute Gasteiger partial charge is 0.444 e. The van der Waals surface area contributed by atoms with Crippen molar-refractivity contribution in [1.29, 1.82) is 0 Å². The minimum Gasteiger partial charge on any atom is -0.444 e. The zero-order valence-electron chi connectivity index (χ0n) is 12.2. The van der Waals surface area contributed by atoms with E-state index in [0.29, 0.717) is 0 Å². The lowest BCUT2D eigenvalue weighted by molar-refractivity contribution is 0.572. The first-order valence-corrected chi connectivity index (χ1v) is 7.00. The van der Waals surface area contributed by atoms with Crippen molar-refractivity contribution in [2.75, 3.05) is 5.32 Å². The van der Waals surface area contributed by atoms with Crippen LogP contribution in [0.4, 0.5) is 5.69 Å². The van der Waals surface area contributed by atoms with E-state index >= 15 is 0 Å². The summed E-state index contributed by atoms with van der Waals surface area (Å²) in [5.74, 6) is 0.772. The molecule has 3 rings (SSSR count). The van der Waals surface area contributed by atoms with E-state index in [4.69, 9.17) is 4.42 Å². The molecular weight excluding hydrogens is 264 g/mol. The molecule has 0 aliphatic heterocycles. The van der Waals surface area contributed by atoms with Crippen molar-refractivity contribution < 1.29 is 4.42 Å². The van der Waals surface area contributed by atoms with Crippen molar-refractivity contribution in [3.8, 4) is 11.3 Å². The Kier molecular flexibility index (Phi) is 3.73. The Morgan fingerprint density at radius 2 is 2.24 bits per heavy atom. The van der Waals surface area contributed by atoms with Crippen molar-refractivity contribution in [3.63, 3.8) is 0 Å². The lowest BCUT2D eigenvalue weighted by Crippen LogP contribution is -2.01. The first kappa shape index (κ1) is 13.4. The van der Waals surface area contributed by atoms with Gasteiger partial charge in [0.15, 0.2) is 12.2 Å². The number of hydrogen-bond acceptors (Lipinski definition) is 4. The van der Waals surface area contributed by atoms with Crippen molar-refractivity contribution in [2.24, 2.45) is 7.05 Å². The van der Waals surface area contributed by atoms with E-state index in [1.165, 1.54) is 12.0 Å². The smallest absolute Gasteiger partial charge is 0.181 e. The van der Waals surface area contributed by atoms with E-state index < -0.39 is 0 Å². The van der Waals surface area contributed by atoms with Gasteiger partial charge in [0.1, 0.15) is 0 Å². The standard InChI is InChI=1S/C16H18N4O/c1-3-15-13(10-20(2)19-15)8-18-14-6-4-5-12(7-14)16-9-17-11-21-16/h4-7,9-11,18H,3,8H2,1-2H3. The third-order valence-electron chi connectivity index (χ3n) is 3.39. The second kappa shape index (κ2) is 5.83. The molecule has 0 spiro atoms. The number of benzene rings is 1. The molecule has 0 radical (unpaired) electrons. The molecule has 0 bridgehead atoms. The second-order valence-corrected chi connectivity index (χ2v) is 4.93. The van der Waals surface area contributed by atoms with Crippen molar-refractivity contribution in [1.82, 2.24) is 14.8 Å². The van der Waals surface area contributed by atoms with Gasteiger partial charge in [-0.1, -0.05) is 19.1 Å². The number of hydrogen-bond donors (Lipinski definition) is 1. The molecule has 108 valence electrons. The van der Waals surface area contributed by atoms with Crippen LogP contribution in [0.5, 0.6) is 0 Å². The highest BCUT2D eigenvalue weighted by Crippen LogP contribution is 2.22. The van der Waals surface area contributed by atoms with Crippen LogP contribution in [0.3, 0.4) is 0 Å². The Labute approximate surface area is 123 Å². The van der Waals surface area contributed by atoms with Gasteiger partial charge in [-0.25, -0.2) is 4.98 Å². The molecular formula is C16H18N4O. The molecule has 21 heavy (non-hydrogen) atoms. The summed E-state index contributed by atoms with van der Waals surface area (Å²) in [6.45, 7) is 2.88. The fraction of sp³-hybridized carbons (Fsp3) is 0.250. The molecule has 0 aliphatic rings. The molecule has 1 aromatic carbocycles. The zero-order valence-corrected chi connectivity index (χ0v) is 12.2. The van der Waals surface area contributed by atoms with Gasteiger partial charge in [0.2, 0.25) is 0 Å². The van der Waals surface area contributed by atoms with Gasteiger partial charge in [-0.3, -0.25) is 4.68 Å². The van der Waals surface area contributed by atoms with Crippen LogP contribution in [0.1, 0.15) is 18.2 Å². The van der Waals surface area contributed by atoms with Crippen LogP contribution >= 0.6 is 0 Å². The van der Waals surface area contributed by atoms with Crippen molar-refractivity contribution in [2.45, 2.75) is 19.9 Å². The summed E-state index contributed by atoms with van der Waals surface area (Å²) in [6.07, 6.45) is 6.16. The first-order valence-electron chi connectivity index (χ1n) is 7.00. The van der Waals surface area contributed by atoms with Gasteiger partial charge < -0.3 is 9.73 Å². The maximum Gasteiger partial charge on any atom is 0.181 e. The van der Waals surface area contributed by atoms with Gasteiger partial charge in [0.05, 0.1) is 11.9 Å². The Morgan fingerprint density at radius 3 is 3.00 bits per heavy atom. The number of aryl methyl sites for hydroxylation is 2. The summed E-state index contributed by atoms with van der Waals surface area (Å²) in [6, 6.07) is 8.11. The maximum atomic E-state index is 5.32. The van der Waals surface area contributed by atoms with Crippen LogP contribution in [-0.2, 0) is 20.0 Å². The Balaban J connectivity index is 1.75. The molecule has 1 N–H and O–H groups in total. The molecule has 0 amide bonds. The van der Waals surface area contributed by atoms with Gasteiger partial charge in [-0.05, 0) is 18.6 Å². The summed E-state index contributed by atoms with van der Waals surface area (Å²) in [7, 11) is 1.95. The summed E-state index contributed by atoms with van der Waals surface area (Å²) < 4.78 is 7.19. The predicted octanol–water partition coefficient (Wildman–Crippen LogP) is 3.25. The number of anilines is 1. The van der Waals surface area contributed by atoms with Crippen LogP contribution < -0.4 is 5.32 Å². The van der Waals surface area contributed by atoms with Crippen LogP contribution in [0.15, 0.2) is 47.5 Å². The fourth-order valence-corrected chi connectivity index (χ4v) is 2.37. The average molecular weight is 282 g/mol.